The van der Waals surface area contributed by atoms with Crippen molar-refractivity contribution in [2.45, 2.75) is 38.3 Å². The van der Waals surface area contributed by atoms with E-state index in [2.05, 4.69) is 5.32 Å². The molecular weight excluding hydrogens is 372 g/mol. The number of halogens is 2. The van der Waals surface area contributed by atoms with E-state index in [-0.39, 0.29) is 24.6 Å². The Morgan fingerprint density at radius 1 is 1.18 bits per heavy atom. The molecule has 2 atom stereocenters. The number of amides is 3. The molecule has 1 aromatic carbocycles. The van der Waals surface area contributed by atoms with Gasteiger partial charge in [-0.15, -0.1) is 0 Å². The van der Waals surface area contributed by atoms with Crippen molar-refractivity contribution in [2.24, 2.45) is 5.92 Å². The number of aliphatic carboxylic acids is 1. The van der Waals surface area contributed by atoms with Gasteiger partial charge in [-0.05, 0) is 31.7 Å². The number of nitrogens with one attached hydrogen (secondary N) is 1. The van der Waals surface area contributed by atoms with Crippen molar-refractivity contribution in [1.82, 2.24) is 15.1 Å². The summed E-state index contributed by atoms with van der Waals surface area (Å²) in [6.45, 7) is 0.989. The van der Waals surface area contributed by atoms with Crippen LogP contribution in [-0.4, -0.2) is 58.5 Å². The molecule has 2 saturated heterocycles. The molecule has 2 aliphatic rings. The third-order valence-electron chi connectivity index (χ3n) is 5.26. The zero-order valence-corrected chi connectivity index (χ0v) is 15.4. The third-order valence-corrected chi connectivity index (χ3v) is 5.26. The Hall–Kier alpha value is -2.71. The first kappa shape index (κ1) is 20.0. The Labute approximate surface area is 161 Å². The summed E-state index contributed by atoms with van der Waals surface area (Å²) in [6, 6.07) is 2.02. The van der Waals surface area contributed by atoms with E-state index in [0.29, 0.717) is 38.8 Å². The van der Waals surface area contributed by atoms with E-state index >= 15 is 0 Å². The number of carbonyl (C=O) groups is 3. The minimum atomic E-state index is -0.932. The van der Waals surface area contributed by atoms with Gasteiger partial charge in [0.1, 0.15) is 17.7 Å². The number of carboxylic acids is 1. The number of hydrogen-bond donors (Lipinski definition) is 2. The average Bonchev–Trinajstić information content (AvgIpc) is 2.67. The maximum atomic E-state index is 13.9. The SMILES string of the molecule is O=C(O)C1CCCN(C(=O)NC2CCCN(Cc3ccc(F)cc3F)C2=O)C1. The molecule has 0 aromatic heterocycles. The second kappa shape index (κ2) is 8.53. The molecule has 152 valence electrons. The number of rotatable bonds is 4. The van der Waals surface area contributed by atoms with Gasteiger partial charge in [-0.1, -0.05) is 6.07 Å². The number of benzene rings is 1. The van der Waals surface area contributed by atoms with Crippen molar-refractivity contribution in [3.63, 3.8) is 0 Å². The summed E-state index contributed by atoms with van der Waals surface area (Å²) in [7, 11) is 0. The molecule has 2 N–H and O–H groups in total. The Bertz CT molecular complexity index is 774. The van der Waals surface area contributed by atoms with Gasteiger partial charge in [0.15, 0.2) is 0 Å². The highest BCUT2D eigenvalue weighted by molar-refractivity contribution is 5.87. The van der Waals surface area contributed by atoms with Gasteiger partial charge < -0.3 is 20.2 Å². The van der Waals surface area contributed by atoms with Crippen LogP contribution in [0.3, 0.4) is 0 Å². The van der Waals surface area contributed by atoms with Crippen molar-refractivity contribution < 1.29 is 28.3 Å². The van der Waals surface area contributed by atoms with Crippen molar-refractivity contribution in [3.8, 4) is 0 Å². The summed E-state index contributed by atoms with van der Waals surface area (Å²) in [5.74, 6) is -3.25. The Morgan fingerprint density at radius 2 is 1.93 bits per heavy atom. The second-order valence-electron chi connectivity index (χ2n) is 7.26. The van der Waals surface area contributed by atoms with Gasteiger partial charge in [-0.3, -0.25) is 9.59 Å². The highest BCUT2D eigenvalue weighted by atomic mass is 19.1. The first-order valence-corrected chi connectivity index (χ1v) is 9.36. The van der Waals surface area contributed by atoms with Crippen LogP contribution in [0, 0.1) is 17.6 Å². The van der Waals surface area contributed by atoms with E-state index in [1.807, 2.05) is 0 Å². The molecule has 0 bridgehead atoms. The van der Waals surface area contributed by atoms with Crippen LogP contribution in [0.2, 0.25) is 0 Å². The number of likely N-dealkylation sites (tertiary alicyclic amines) is 2. The zero-order chi connectivity index (χ0) is 20.3. The summed E-state index contributed by atoms with van der Waals surface area (Å²) in [4.78, 5) is 39.2. The van der Waals surface area contributed by atoms with Gasteiger partial charge in [0.25, 0.3) is 0 Å². The predicted molar refractivity (Wildman–Crippen MR) is 95.3 cm³/mol. The average molecular weight is 395 g/mol. The fraction of sp³-hybridized carbons (Fsp3) is 0.526. The fourth-order valence-electron chi connectivity index (χ4n) is 3.69. The number of carbonyl (C=O) groups excluding carboxylic acids is 2. The normalized spacial score (nSPS) is 22.9. The van der Waals surface area contributed by atoms with E-state index in [4.69, 9.17) is 5.11 Å². The molecule has 1 aromatic rings. The summed E-state index contributed by atoms with van der Waals surface area (Å²) in [5, 5.41) is 11.8. The van der Waals surface area contributed by atoms with Crippen LogP contribution in [0.1, 0.15) is 31.2 Å². The molecule has 0 spiro atoms. The van der Waals surface area contributed by atoms with Crippen LogP contribution in [-0.2, 0) is 16.1 Å². The quantitative estimate of drug-likeness (QED) is 0.816. The Kier molecular flexibility index (Phi) is 6.11. The van der Waals surface area contributed by atoms with Gasteiger partial charge >= 0.3 is 12.0 Å². The Balaban J connectivity index is 1.60. The molecule has 0 aliphatic carbocycles. The van der Waals surface area contributed by atoms with Crippen molar-refractivity contribution in [2.75, 3.05) is 19.6 Å². The molecule has 9 heteroatoms. The van der Waals surface area contributed by atoms with E-state index in [0.717, 1.165) is 12.1 Å². The lowest BCUT2D eigenvalue weighted by atomic mass is 9.98. The Morgan fingerprint density at radius 3 is 2.64 bits per heavy atom. The second-order valence-corrected chi connectivity index (χ2v) is 7.26. The van der Waals surface area contributed by atoms with Crippen LogP contribution in [0.25, 0.3) is 0 Å². The van der Waals surface area contributed by atoms with E-state index in [1.165, 1.54) is 15.9 Å². The number of piperidine rings is 2. The monoisotopic (exact) mass is 395 g/mol. The van der Waals surface area contributed by atoms with Crippen LogP contribution in [0.15, 0.2) is 18.2 Å². The molecule has 3 rings (SSSR count). The number of urea groups is 1. The summed E-state index contributed by atoms with van der Waals surface area (Å²) >= 11 is 0. The topological polar surface area (TPSA) is 89.9 Å². The van der Waals surface area contributed by atoms with Gasteiger partial charge in [0, 0.05) is 37.8 Å². The van der Waals surface area contributed by atoms with Crippen molar-refractivity contribution in [3.05, 3.63) is 35.4 Å². The molecule has 2 unspecified atom stereocenters. The number of nitrogens with zero attached hydrogens (tertiary/aromatic N) is 2. The van der Waals surface area contributed by atoms with Crippen LogP contribution in [0.4, 0.5) is 13.6 Å². The lowest BCUT2D eigenvalue weighted by Gasteiger charge is -2.35. The minimum Gasteiger partial charge on any atom is -0.481 e. The van der Waals surface area contributed by atoms with Gasteiger partial charge in [0.05, 0.1) is 5.92 Å². The van der Waals surface area contributed by atoms with Crippen LogP contribution in [0.5, 0.6) is 0 Å². The van der Waals surface area contributed by atoms with Crippen molar-refractivity contribution in [1.29, 1.82) is 0 Å². The summed E-state index contributed by atoms with van der Waals surface area (Å²) in [5.41, 5.74) is 0.210. The minimum absolute atomic E-state index is 0.00210. The predicted octanol–water partition coefficient (Wildman–Crippen LogP) is 1.96. The van der Waals surface area contributed by atoms with Crippen LogP contribution >= 0.6 is 0 Å². The standard InChI is InChI=1S/C19H23F2N3O4/c20-14-6-5-12(15(21)9-14)10-23-7-2-4-16(17(23)25)22-19(28)24-8-1-3-13(11-24)18(26)27/h5-6,9,13,16H,1-4,7-8,10-11H2,(H,22,28)(H,26,27). The largest absolute Gasteiger partial charge is 0.481 e. The smallest absolute Gasteiger partial charge is 0.318 e. The highest BCUT2D eigenvalue weighted by Crippen LogP contribution is 2.20. The lowest BCUT2D eigenvalue weighted by Crippen LogP contribution is -2.56. The first-order chi connectivity index (χ1) is 13.3. The maximum absolute atomic E-state index is 13.9. The fourth-order valence-corrected chi connectivity index (χ4v) is 3.69. The molecule has 2 fully saturated rings. The molecule has 7 nitrogen and oxygen atoms in total. The molecule has 0 radical (unpaired) electrons. The number of hydrogen-bond acceptors (Lipinski definition) is 3. The van der Waals surface area contributed by atoms with E-state index < -0.39 is 35.6 Å². The van der Waals surface area contributed by atoms with Gasteiger partial charge in [-0.2, -0.15) is 0 Å². The van der Waals surface area contributed by atoms with E-state index in [9.17, 15) is 23.2 Å². The molecule has 2 heterocycles. The lowest BCUT2D eigenvalue weighted by molar-refractivity contribution is -0.143. The first-order valence-electron chi connectivity index (χ1n) is 9.36. The molecule has 0 saturated carbocycles. The van der Waals surface area contributed by atoms with E-state index in [1.54, 1.807) is 0 Å². The summed E-state index contributed by atoms with van der Waals surface area (Å²) in [6.07, 6.45) is 2.22. The van der Waals surface area contributed by atoms with Gasteiger partial charge in [-0.25, -0.2) is 13.6 Å². The molecule has 2 aliphatic heterocycles. The zero-order valence-electron chi connectivity index (χ0n) is 15.4. The van der Waals surface area contributed by atoms with Crippen molar-refractivity contribution >= 4 is 17.9 Å². The maximum Gasteiger partial charge on any atom is 0.318 e. The van der Waals surface area contributed by atoms with Gasteiger partial charge in [0.2, 0.25) is 5.91 Å². The molecule has 28 heavy (non-hydrogen) atoms. The number of carboxylic acid groups (broad SMARTS) is 1. The molecule has 3 amide bonds. The summed E-state index contributed by atoms with van der Waals surface area (Å²) < 4.78 is 26.9. The molecular formula is C19H23F2N3O4. The highest BCUT2D eigenvalue weighted by Gasteiger charge is 2.33. The third kappa shape index (κ3) is 4.58. The van der Waals surface area contributed by atoms with Crippen LogP contribution < -0.4 is 5.32 Å².